The molecule has 0 saturated heterocycles. The average Bonchev–Trinajstić information content (AvgIpc) is 3.17. The Bertz CT molecular complexity index is 504. The van der Waals surface area contributed by atoms with E-state index in [0.29, 0.717) is 6.79 Å². The fourth-order valence-corrected chi connectivity index (χ4v) is 2.26. The molecule has 1 aromatic carbocycles. The molecule has 0 amide bonds. The lowest BCUT2D eigenvalue weighted by molar-refractivity contribution is 0.174. The SMILES string of the molecule is CN=C(NCCC1CC1)NCc1ccc2c(c1)OCO2.I. The summed E-state index contributed by atoms with van der Waals surface area (Å²) in [5, 5.41) is 6.66. The normalized spacial score (nSPS) is 16.3. The van der Waals surface area contributed by atoms with E-state index in [2.05, 4.69) is 15.6 Å². The van der Waals surface area contributed by atoms with Gasteiger partial charge >= 0.3 is 0 Å². The fraction of sp³-hybridized carbons (Fsp3) is 0.533. The van der Waals surface area contributed by atoms with Crippen LogP contribution in [-0.2, 0) is 6.54 Å². The Kier molecular flexibility index (Phi) is 5.96. The molecule has 1 heterocycles. The van der Waals surface area contributed by atoms with Crippen LogP contribution in [0.2, 0.25) is 0 Å². The predicted octanol–water partition coefficient (Wildman–Crippen LogP) is 2.50. The van der Waals surface area contributed by atoms with Gasteiger partial charge < -0.3 is 20.1 Å². The predicted molar refractivity (Wildman–Crippen MR) is 93.5 cm³/mol. The molecule has 3 rings (SSSR count). The minimum atomic E-state index is 0. The molecular formula is C15H22IN3O2. The van der Waals surface area contributed by atoms with Gasteiger partial charge in [0, 0.05) is 20.1 Å². The molecule has 1 aliphatic carbocycles. The first-order chi connectivity index (χ1) is 9.85. The molecule has 2 aliphatic rings. The zero-order chi connectivity index (χ0) is 13.8. The summed E-state index contributed by atoms with van der Waals surface area (Å²) in [5.41, 5.74) is 1.15. The van der Waals surface area contributed by atoms with E-state index in [0.717, 1.165) is 42.0 Å². The molecular weight excluding hydrogens is 381 g/mol. The van der Waals surface area contributed by atoms with E-state index in [1.165, 1.54) is 19.3 Å². The third kappa shape index (κ3) is 4.66. The Balaban J connectivity index is 0.00000161. The fourth-order valence-electron chi connectivity index (χ4n) is 2.26. The second kappa shape index (κ2) is 7.72. The van der Waals surface area contributed by atoms with Crippen LogP contribution in [0.15, 0.2) is 23.2 Å². The lowest BCUT2D eigenvalue weighted by Gasteiger charge is -2.12. The Morgan fingerprint density at radius 2 is 2.05 bits per heavy atom. The number of nitrogens with one attached hydrogen (secondary N) is 2. The topological polar surface area (TPSA) is 54.9 Å². The van der Waals surface area contributed by atoms with Crippen LogP contribution in [0.1, 0.15) is 24.8 Å². The average molecular weight is 403 g/mol. The first kappa shape index (κ1) is 16.2. The van der Waals surface area contributed by atoms with Crippen molar-refractivity contribution in [3.63, 3.8) is 0 Å². The third-order valence-corrected chi connectivity index (χ3v) is 3.66. The van der Waals surface area contributed by atoms with Gasteiger partial charge in [-0.25, -0.2) is 0 Å². The first-order valence-electron chi connectivity index (χ1n) is 7.18. The van der Waals surface area contributed by atoms with Crippen LogP contribution in [0, 0.1) is 5.92 Å². The van der Waals surface area contributed by atoms with Crippen molar-refractivity contribution < 1.29 is 9.47 Å². The highest BCUT2D eigenvalue weighted by atomic mass is 127. The van der Waals surface area contributed by atoms with E-state index in [1.807, 2.05) is 18.2 Å². The van der Waals surface area contributed by atoms with E-state index in [9.17, 15) is 0 Å². The summed E-state index contributed by atoms with van der Waals surface area (Å²) in [6, 6.07) is 5.99. The van der Waals surface area contributed by atoms with Gasteiger partial charge in [0.1, 0.15) is 0 Å². The van der Waals surface area contributed by atoms with Crippen LogP contribution in [0.25, 0.3) is 0 Å². The Morgan fingerprint density at radius 3 is 2.81 bits per heavy atom. The Hall–Kier alpha value is -1.18. The van der Waals surface area contributed by atoms with Crippen molar-refractivity contribution in [3.05, 3.63) is 23.8 Å². The van der Waals surface area contributed by atoms with Gasteiger partial charge in [0.15, 0.2) is 17.5 Å². The number of halogens is 1. The van der Waals surface area contributed by atoms with E-state index >= 15 is 0 Å². The van der Waals surface area contributed by atoms with Gasteiger partial charge in [-0.05, 0) is 30.0 Å². The van der Waals surface area contributed by atoms with Gasteiger partial charge in [-0.1, -0.05) is 18.9 Å². The Morgan fingerprint density at radius 1 is 1.24 bits per heavy atom. The first-order valence-corrected chi connectivity index (χ1v) is 7.18. The number of guanidine groups is 1. The highest BCUT2D eigenvalue weighted by Crippen LogP contribution is 2.32. The van der Waals surface area contributed by atoms with Crippen LogP contribution >= 0.6 is 24.0 Å². The van der Waals surface area contributed by atoms with Crippen LogP contribution in [-0.4, -0.2) is 26.3 Å². The number of aliphatic imine (C=N–C) groups is 1. The molecule has 5 nitrogen and oxygen atoms in total. The number of hydrogen-bond donors (Lipinski definition) is 2. The highest BCUT2D eigenvalue weighted by Gasteiger charge is 2.20. The molecule has 0 bridgehead atoms. The van der Waals surface area contributed by atoms with Gasteiger partial charge in [-0.15, -0.1) is 24.0 Å². The van der Waals surface area contributed by atoms with Crippen molar-refractivity contribution in [3.8, 4) is 11.5 Å². The molecule has 6 heteroatoms. The van der Waals surface area contributed by atoms with E-state index < -0.39 is 0 Å². The van der Waals surface area contributed by atoms with Crippen molar-refractivity contribution >= 4 is 29.9 Å². The molecule has 1 saturated carbocycles. The maximum atomic E-state index is 5.37. The summed E-state index contributed by atoms with van der Waals surface area (Å²) >= 11 is 0. The third-order valence-electron chi connectivity index (χ3n) is 3.66. The van der Waals surface area contributed by atoms with E-state index in [-0.39, 0.29) is 24.0 Å². The molecule has 1 aliphatic heterocycles. The maximum Gasteiger partial charge on any atom is 0.231 e. The second-order valence-electron chi connectivity index (χ2n) is 5.27. The van der Waals surface area contributed by atoms with Gasteiger partial charge in [0.2, 0.25) is 6.79 Å². The van der Waals surface area contributed by atoms with Crippen molar-refractivity contribution in [2.45, 2.75) is 25.8 Å². The molecule has 0 spiro atoms. The van der Waals surface area contributed by atoms with Gasteiger partial charge in [-0.3, -0.25) is 4.99 Å². The lowest BCUT2D eigenvalue weighted by Crippen LogP contribution is -2.37. The van der Waals surface area contributed by atoms with Crippen LogP contribution < -0.4 is 20.1 Å². The van der Waals surface area contributed by atoms with Crippen molar-refractivity contribution in [2.24, 2.45) is 10.9 Å². The second-order valence-corrected chi connectivity index (χ2v) is 5.27. The Labute approximate surface area is 142 Å². The number of ether oxygens (including phenoxy) is 2. The number of nitrogens with zero attached hydrogens (tertiary/aromatic N) is 1. The number of hydrogen-bond acceptors (Lipinski definition) is 3. The zero-order valence-corrected chi connectivity index (χ0v) is 14.6. The van der Waals surface area contributed by atoms with Crippen molar-refractivity contribution in [1.29, 1.82) is 0 Å². The van der Waals surface area contributed by atoms with Gasteiger partial charge in [0.25, 0.3) is 0 Å². The van der Waals surface area contributed by atoms with Crippen molar-refractivity contribution in [2.75, 3.05) is 20.4 Å². The number of rotatable bonds is 5. The quantitative estimate of drug-likeness (QED) is 0.451. The molecule has 0 aromatic heterocycles. The van der Waals surface area contributed by atoms with Crippen molar-refractivity contribution in [1.82, 2.24) is 10.6 Å². The summed E-state index contributed by atoms with van der Waals surface area (Å²) in [4.78, 5) is 4.23. The number of benzene rings is 1. The van der Waals surface area contributed by atoms with Crippen LogP contribution in [0.4, 0.5) is 0 Å². The minimum Gasteiger partial charge on any atom is -0.454 e. The largest absolute Gasteiger partial charge is 0.454 e. The molecule has 0 atom stereocenters. The van der Waals surface area contributed by atoms with Crippen LogP contribution in [0.3, 0.4) is 0 Å². The summed E-state index contributed by atoms with van der Waals surface area (Å²) < 4.78 is 10.7. The van der Waals surface area contributed by atoms with Gasteiger partial charge in [-0.2, -0.15) is 0 Å². The maximum absolute atomic E-state index is 5.37. The molecule has 116 valence electrons. The summed E-state index contributed by atoms with van der Waals surface area (Å²) in [7, 11) is 1.80. The molecule has 21 heavy (non-hydrogen) atoms. The van der Waals surface area contributed by atoms with Crippen LogP contribution in [0.5, 0.6) is 11.5 Å². The molecule has 1 aromatic rings. The molecule has 2 N–H and O–H groups in total. The standard InChI is InChI=1S/C15H21N3O2.HI/c1-16-15(17-7-6-11-2-3-11)18-9-12-4-5-13-14(8-12)20-10-19-13;/h4-5,8,11H,2-3,6-7,9-10H2,1H3,(H2,16,17,18);1H. The molecule has 0 unspecified atom stereocenters. The smallest absolute Gasteiger partial charge is 0.231 e. The summed E-state index contributed by atoms with van der Waals surface area (Å²) in [6.07, 6.45) is 4.03. The lowest BCUT2D eigenvalue weighted by atomic mass is 10.2. The molecule has 0 radical (unpaired) electrons. The number of fused-ring (bicyclic) bond motifs is 1. The minimum absolute atomic E-state index is 0. The zero-order valence-electron chi connectivity index (χ0n) is 12.2. The van der Waals surface area contributed by atoms with E-state index in [1.54, 1.807) is 7.05 Å². The van der Waals surface area contributed by atoms with E-state index in [4.69, 9.17) is 9.47 Å². The summed E-state index contributed by atoms with van der Waals surface area (Å²) in [6.45, 7) is 2.03. The highest BCUT2D eigenvalue weighted by molar-refractivity contribution is 14.0. The molecule has 1 fully saturated rings. The van der Waals surface area contributed by atoms with Gasteiger partial charge in [0.05, 0.1) is 0 Å². The monoisotopic (exact) mass is 403 g/mol. The summed E-state index contributed by atoms with van der Waals surface area (Å²) in [5.74, 6) is 3.43.